The van der Waals surface area contributed by atoms with Crippen molar-refractivity contribution >= 4 is 16.6 Å². The predicted molar refractivity (Wildman–Crippen MR) is 71.7 cm³/mol. The zero-order chi connectivity index (χ0) is 12.4. The van der Waals surface area contributed by atoms with E-state index in [1.807, 2.05) is 26.0 Å². The molecule has 2 N–H and O–H groups in total. The van der Waals surface area contributed by atoms with E-state index in [0.717, 1.165) is 40.7 Å². The van der Waals surface area contributed by atoms with E-state index in [9.17, 15) is 5.11 Å². The molecular weight excluding hydrogens is 252 g/mol. The van der Waals surface area contributed by atoms with Crippen molar-refractivity contribution in [2.24, 2.45) is 0 Å². The smallest absolute Gasteiger partial charge is 0.128 e. The summed E-state index contributed by atoms with van der Waals surface area (Å²) in [6, 6.07) is 3.88. The van der Waals surface area contributed by atoms with Crippen molar-refractivity contribution in [1.29, 1.82) is 0 Å². The minimum Gasteiger partial charge on any atom is -0.507 e. The second kappa shape index (κ2) is 6.60. The maximum Gasteiger partial charge on any atom is 0.128 e. The molecule has 0 saturated heterocycles. The average Bonchev–Trinajstić information content (AvgIpc) is 2.32. The van der Waals surface area contributed by atoms with Crippen molar-refractivity contribution in [2.45, 2.75) is 27.2 Å². The molecule has 0 aliphatic heterocycles. The molecule has 0 aliphatic rings. The van der Waals surface area contributed by atoms with Crippen LogP contribution in [0.1, 0.15) is 24.5 Å². The largest absolute Gasteiger partial charge is 0.507 e. The Balaban J connectivity index is 0.00000162. The Bertz CT molecular complexity index is 555. The molecule has 0 atom stereocenters. The number of aryl methyl sites for hydroxylation is 2. The van der Waals surface area contributed by atoms with Crippen LogP contribution in [-0.4, -0.2) is 16.6 Å². The van der Waals surface area contributed by atoms with Gasteiger partial charge in [0.1, 0.15) is 5.75 Å². The number of nitrogens with one attached hydrogen (secondary N) is 1. The molecule has 0 aliphatic carbocycles. The first-order valence-corrected chi connectivity index (χ1v) is 5.97. The number of hydrogen-bond acceptors (Lipinski definition) is 3. The first-order valence-electron chi connectivity index (χ1n) is 5.97. The Kier molecular flexibility index (Phi) is 5.70. The summed E-state index contributed by atoms with van der Waals surface area (Å²) in [6.45, 7) is 6.95. The van der Waals surface area contributed by atoms with E-state index in [4.69, 9.17) is 0 Å². The molecule has 0 amide bonds. The molecule has 3 nitrogen and oxygen atoms in total. The van der Waals surface area contributed by atoms with E-state index < -0.39 is 0 Å². The van der Waals surface area contributed by atoms with Crippen molar-refractivity contribution in [2.75, 3.05) is 11.9 Å². The molecule has 1 aromatic heterocycles. The molecule has 0 saturated carbocycles. The van der Waals surface area contributed by atoms with Crippen LogP contribution in [0.2, 0.25) is 0 Å². The van der Waals surface area contributed by atoms with Gasteiger partial charge in [0, 0.05) is 55.9 Å². The van der Waals surface area contributed by atoms with Crippen molar-refractivity contribution in [3.05, 3.63) is 29.5 Å². The standard InChI is InChI=1S/C14H18N2O.Ar/c1-4-6-15-11-8-10(3)14(17)12-9(2)5-7-16-13(11)12;/h5,7-8,15,17H,4,6H2,1-3H3;. The summed E-state index contributed by atoms with van der Waals surface area (Å²) in [4.78, 5) is 4.37. The van der Waals surface area contributed by atoms with E-state index in [1.54, 1.807) is 6.20 Å². The first kappa shape index (κ1) is 15.5. The monoisotopic (exact) mass is 270 g/mol. The molecule has 0 unspecified atom stereocenters. The van der Waals surface area contributed by atoms with Crippen LogP contribution in [-0.2, 0) is 0 Å². The molecule has 18 heavy (non-hydrogen) atoms. The first-order chi connectivity index (χ1) is 8.15. The second-order valence-corrected chi connectivity index (χ2v) is 4.37. The topological polar surface area (TPSA) is 45.1 Å². The Morgan fingerprint density at radius 1 is 1.28 bits per heavy atom. The third-order valence-corrected chi connectivity index (χ3v) is 2.95. The Labute approximate surface area is 138 Å². The summed E-state index contributed by atoms with van der Waals surface area (Å²) in [7, 11) is 0. The van der Waals surface area contributed by atoms with Gasteiger partial charge < -0.3 is 10.4 Å². The van der Waals surface area contributed by atoms with Crippen LogP contribution in [0.5, 0.6) is 5.75 Å². The van der Waals surface area contributed by atoms with Gasteiger partial charge in [0.25, 0.3) is 0 Å². The number of nitrogens with zero attached hydrogens (tertiary/aromatic N) is 1. The number of aromatic hydroxyl groups is 1. The van der Waals surface area contributed by atoms with Crippen molar-refractivity contribution in [3.8, 4) is 5.75 Å². The van der Waals surface area contributed by atoms with Gasteiger partial charge in [-0.3, -0.25) is 4.98 Å². The van der Waals surface area contributed by atoms with Gasteiger partial charge in [-0.1, -0.05) is 6.92 Å². The Hall–Kier alpha value is -0.510. The Morgan fingerprint density at radius 3 is 2.67 bits per heavy atom. The van der Waals surface area contributed by atoms with E-state index in [0.29, 0.717) is 5.75 Å². The molecule has 98 valence electrons. The van der Waals surface area contributed by atoms with Gasteiger partial charge in [0.2, 0.25) is 0 Å². The van der Waals surface area contributed by atoms with Crippen molar-refractivity contribution in [1.82, 2.24) is 4.98 Å². The molecule has 1 aromatic carbocycles. The van der Waals surface area contributed by atoms with Crippen LogP contribution in [0.15, 0.2) is 18.3 Å². The maximum absolute atomic E-state index is 10.1. The number of phenols is 1. The summed E-state index contributed by atoms with van der Waals surface area (Å²) in [6.07, 6.45) is 2.84. The van der Waals surface area contributed by atoms with Gasteiger partial charge in [0.15, 0.2) is 0 Å². The Morgan fingerprint density at radius 2 is 2.00 bits per heavy atom. The van der Waals surface area contributed by atoms with E-state index in [1.165, 1.54) is 0 Å². The summed E-state index contributed by atoms with van der Waals surface area (Å²) in [5.74, 6) is 0.340. The van der Waals surface area contributed by atoms with E-state index >= 15 is 0 Å². The number of hydrogen-bond donors (Lipinski definition) is 2. The second-order valence-electron chi connectivity index (χ2n) is 4.37. The maximum atomic E-state index is 10.1. The van der Waals surface area contributed by atoms with Gasteiger partial charge in [-0.2, -0.15) is 0 Å². The van der Waals surface area contributed by atoms with Gasteiger partial charge in [-0.15, -0.1) is 0 Å². The number of pyridine rings is 1. The third-order valence-electron chi connectivity index (χ3n) is 2.95. The number of anilines is 1. The molecular formula is C14H18ArN2O. The number of rotatable bonds is 3. The molecule has 0 radical (unpaired) electrons. The number of phenolic OH excluding ortho intramolecular Hbond substituents is 1. The summed E-state index contributed by atoms with van der Waals surface area (Å²) >= 11 is 0. The zero-order valence-corrected chi connectivity index (χ0v) is 11.6. The minimum absolute atomic E-state index is 0. The number of fused-ring (bicyclic) bond motifs is 1. The normalized spacial score (nSPS) is 10.2. The fourth-order valence-corrected chi connectivity index (χ4v) is 2.01. The SMILES string of the molecule is CCCNc1cc(C)c(O)c2c(C)ccnc12.[Ar]. The third kappa shape index (κ3) is 2.90. The summed E-state index contributed by atoms with van der Waals surface area (Å²) in [5, 5.41) is 14.3. The van der Waals surface area contributed by atoms with Crippen LogP contribution in [0.4, 0.5) is 5.69 Å². The van der Waals surface area contributed by atoms with E-state index in [-0.39, 0.29) is 37.7 Å². The summed E-state index contributed by atoms with van der Waals surface area (Å²) < 4.78 is 0. The zero-order valence-electron chi connectivity index (χ0n) is 10.9. The van der Waals surface area contributed by atoms with Crippen LogP contribution < -0.4 is 5.32 Å². The van der Waals surface area contributed by atoms with Gasteiger partial charge >= 0.3 is 0 Å². The molecule has 4 heteroatoms. The fraction of sp³-hybridized carbons (Fsp3) is 0.357. The number of aromatic nitrogens is 1. The number of benzene rings is 1. The van der Waals surface area contributed by atoms with Crippen LogP contribution in [0.25, 0.3) is 10.9 Å². The molecule has 0 spiro atoms. The van der Waals surface area contributed by atoms with E-state index in [2.05, 4.69) is 17.2 Å². The molecule has 2 rings (SSSR count). The van der Waals surface area contributed by atoms with Gasteiger partial charge in [0.05, 0.1) is 11.2 Å². The fourth-order valence-electron chi connectivity index (χ4n) is 2.01. The van der Waals surface area contributed by atoms with Gasteiger partial charge in [-0.05, 0) is 43.5 Å². The molecule has 2 aromatic rings. The predicted octanol–water partition coefficient (Wildman–Crippen LogP) is 3.38. The minimum atomic E-state index is 0. The van der Waals surface area contributed by atoms with Crippen LogP contribution in [0.3, 0.4) is 0 Å². The quantitative estimate of drug-likeness (QED) is 0.840. The van der Waals surface area contributed by atoms with Crippen LogP contribution >= 0.6 is 0 Å². The van der Waals surface area contributed by atoms with Crippen molar-refractivity contribution in [3.63, 3.8) is 0 Å². The van der Waals surface area contributed by atoms with Crippen LogP contribution in [0, 0.1) is 51.6 Å². The molecule has 0 bridgehead atoms. The average molecular weight is 270 g/mol. The molecule has 0 fully saturated rings. The molecule has 1 heterocycles. The summed E-state index contributed by atoms with van der Waals surface area (Å²) in [5.41, 5.74) is 3.78. The van der Waals surface area contributed by atoms with Crippen molar-refractivity contribution < 1.29 is 42.8 Å². The van der Waals surface area contributed by atoms with Gasteiger partial charge in [-0.25, -0.2) is 0 Å².